The molecule has 3 aromatic rings. The Morgan fingerprint density at radius 2 is 1.67 bits per heavy atom. The first kappa shape index (κ1) is 21.0. The van der Waals surface area contributed by atoms with Crippen LogP contribution in [0, 0.1) is 13.8 Å². The summed E-state index contributed by atoms with van der Waals surface area (Å²) in [6, 6.07) is 19.8. The van der Waals surface area contributed by atoms with Crippen molar-refractivity contribution in [3.63, 3.8) is 0 Å². The number of hydrogen-bond donors (Lipinski definition) is 1. The number of para-hydroxylation sites is 1. The van der Waals surface area contributed by atoms with Crippen molar-refractivity contribution in [1.82, 2.24) is 0 Å². The van der Waals surface area contributed by atoms with Crippen LogP contribution in [0.4, 0.5) is 5.69 Å². The van der Waals surface area contributed by atoms with Gasteiger partial charge < -0.3 is 9.84 Å². The van der Waals surface area contributed by atoms with Crippen LogP contribution in [0.2, 0.25) is 0 Å². The molecule has 1 N–H and O–H groups in total. The lowest BCUT2D eigenvalue weighted by Gasteiger charge is -2.27. The number of fused-ring (bicyclic) bond motifs is 1. The summed E-state index contributed by atoms with van der Waals surface area (Å²) in [7, 11) is 0. The molecular weight excluding hydrogens is 414 g/mol. The van der Waals surface area contributed by atoms with Crippen LogP contribution in [0.25, 0.3) is 5.76 Å². The van der Waals surface area contributed by atoms with Crippen molar-refractivity contribution in [2.45, 2.75) is 39.3 Å². The van der Waals surface area contributed by atoms with Crippen molar-refractivity contribution in [2.24, 2.45) is 0 Å². The molecule has 2 heterocycles. The van der Waals surface area contributed by atoms with Gasteiger partial charge in [0.25, 0.3) is 11.7 Å². The number of carbonyl (C=O) groups is 2. The van der Waals surface area contributed by atoms with Crippen molar-refractivity contribution >= 4 is 23.1 Å². The molecule has 0 saturated carbocycles. The standard InChI is InChI=1S/C28H25NO4/c1-16-8-4-6-10-21(16)25-24(26(30)19-12-13-23-20(15-19)14-18(3)33-23)27(31)28(32)29(25)22-11-7-5-9-17(22)2/h4-13,15,18,25,30H,14H2,1-3H3/b26-24+. The van der Waals surface area contributed by atoms with Crippen LogP contribution in [-0.2, 0) is 16.0 Å². The lowest BCUT2D eigenvalue weighted by atomic mass is 9.92. The normalized spacial score (nSPS) is 21.2. The van der Waals surface area contributed by atoms with Gasteiger partial charge in [0, 0.05) is 17.7 Å². The average Bonchev–Trinajstić information content (AvgIpc) is 3.30. The Hall–Kier alpha value is -3.86. The molecule has 2 unspecified atom stereocenters. The molecule has 1 saturated heterocycles. The van der Waals surface area contributed by atoms with Gasteiger partial charge in [-0.25, -0.2) is 0 Å². The molecule has 5 rings (SSSR count). The Bertz CT molecular complexity index is 1320. The maximum absolute atomic E-state index is 13.4. The van der Waals surface area contributed by atoms with E-state index in [2.05, 4.69) is 0 Å². The first-order valence-corrected chi connectivity index (χ1v) is 11.1. The van der Waals surface area contributed by atoms with E-state index in [1.165, 1.54) is 4.90 Å². The van der Waals surface area contributed by atoms with E-state index in [1.807, 2.05) is 81.4 Å². The lowest BCUT2D eigenvalue weighted by Crippen LogP contribution is -2.30. The zero-order chi connectivity index (χ0) is 23.3. The maximum atomic E-state index is 13.4. The molecule has 2 aliphatic rings. The first-order chi connectivity index (χ1) is 15.9. The van der Waals surface area contributed by atoms with Gasteiger partial charge in [0.15, 0.2) is 0 Å². The summed E-state index contributed by atoms with van der Waals surface area (Å²) < 4.78 is 5.77. The second-order valence-corrected chi connectivity index (χ2v) is 8.77. The predicted octanol–water partition coefficient (Wildman–Crippen LogP) is 5.25. The van der Waals surface area contributed by atoms with E-state index in [9.17, 15) is 14.7 Å². The molecule has 0 aliphatic carbocycles. The Kier molecular flexibility index (Phi) is 5.05. The second-order valence-electron chi connectivity index (χ2n) is 8.77. The molecular formula is C28H25NO4. The zero-order valence-electron chi connectivity index (χ0n) is 18.8. The van der Waals surface area contributed by atoms with E-state index in [-0.39, 0.29) is 17.4 Å². The Balaban J connectivity index is 1.73. The molecule has 166 valence electrons. The molecule has 2 atom stereocenters. The third-order valence-electron chi connectivity index (χ3n) is 6.47. The van der Waals surface area contributed by atoms with Gasteiger partial charge in [-0.3, -0.25) is 14.5 Å². The van der Waals surface area contributed by atoms with Gasteiger partial charge in [-0.05, 0) is 67.3 Å². The third kappa shape index (κ3) is 3.41. The van der Waals surface area contributed by atoms with Crippen molar-refractivity contribution in [3.8, 4) is 5.75 Å². The molecule has 1 amide bonds. The summed E-state index contributed by atoms with van der Waals surface area (Å²) in [6.45, 7) is 5.85. The number of anilines is 1. The molecule has 5 nitrogen and oxygen atoms in total. The largest absolute Gasteiger partial charge is 0.507 e. The molecule has 0 radical (unpaired) electrons. The highest BCUT2D eigenvalue weighted by molar-refractivity contribution is 6.51. The van der Waals surface area contributed by atoms with Gasteiger partial charge in [-0.2, -0.15) is 0 Å². The third-order valence-corrected chi connectivity index (χ3v) is 6.47. The number of ketones is 1. The van der Waals surface area contributed by atoms with E-state index in [1.54, 1.807) is 6.07 Å². The topological polar surface area (TPSA) is 66.8 Å². The number of aliphatic hydroxyl groups excluding tert-OH is 1. The van der Waals surface area contributed by atoms with E-state index in [4.69, 9.17) is 4.74 Å². The minimum absolute atomic E-state index is 0.0657. The number of aliphatic hydroxyl groups is 1. The molecule has 0 aromatic heterocycles. The fourth-order valence-electron chi connectivity index (χ4n) is 4.83. The van der Waals surface area contributed by atoms with Crippen LogP contribution in [0.15, 0.2) is 72.3 Å². The van der Waals surface area contributed by atoms with E-state index in [0.29, 0.717) is 11.3 Å². The van der Waals surface area contributed by atoms with Gasteiger partial charge in [-0.15, -0.1) is 0 Å². The smallest absolute Gasteiger partial charge is 0.300 e. The van der Waals surface area contributed by atoms with Crippen LogP contribution < -0.4 is 9.64 Å². The van der Waals surface area contributed by atoms with Crippen LogP contribution in [0.1, 0.15) is 40.8 Å². The zero-order valence-corrected chi connectivity index (χ0v) is 18.8. The minimum atomic E-state index is -0.726. The van der Waals surface area contributed by atoms with Crippen LogP contribution in [0.5, 0.6) is 5.75 Å². The first-order valence-electron chi connectivity index (χ1n) is 11.1. The number of hydrogen-bond acceptors (Lipinski definition) is 4. The van der Waals surface area contributed by atoms with Gasteiger partial charge in [-0.1, -0.05) is 42.5 Å². The monoisotopic (exact) mass is 439 g/mol. The van der Waals surface area contributed by atoms with E-state index < -0.39 is 17.7 Å². The van der Waals surface area contributed by atoms with Crippen molar-refractivity contribution < 1.29 is 19.4 Å². The van der Waals surface area contributed by atoms with Crippen molar-refractivity contribution in [2.75, 3.05) is 4.90 Å². The predicted molar refractivity (Wildman–Crippen MR) is 127 cm³/mol. The highest BCUT2D eigenvalue weighted by atomic mass is 16.5. The maximum Gasteiger partial charge on any atom is 0.300 e. The number of rotatable bonds is 3. The molecule has 0 bridgehead atoms. The second kappa shape index (κ2) is 7.93. The fourth-order valence-corrected chi connectivity index (χ4v) is 4.83. The number of Topliss-reactive ketones (excluding diaryl/α,β-unsaturated/α-hetero) is 1. The molecule has 3 aromatic carbocycles. The summed E-state index contributed by atoms with van der Waals surface area (Å²) in [6.07, 6.45) is 0.797. The molecule has 33 heavy (non-hydrogen) atoms. The fraction of sp³-hybridized carbons (Fsp3) is 0.214. The number of ether oxygens (including phenoxy) is 1. The van der Waals surface area contributed by atoms with Crippen molar-refractivity contribution in [1.29, 1.82) is 0 Å². The quantitative estimate of drug-likeness (QED) is 0.344. The number of carbonyl (C=O) groups excluding carboxylic acids is 2. The Morgan fingerprint density at radius 1 is 0.970 bits per heavy atom. The van der Waals surface area contributed by atoms with Gasteiger partial charge in [0.05, 0.1) is 11.6 Å². The van der Waals surface area contributed by atoms with Crippen LogP contribution in [0.3, 0.4) is 0 Å². The van der Waals surface area contributed by atoms with Gasteiger partial charge >= 0.3 is 0 Å². The van der Waals surface area contributed by atoms with E-state index in [0.717, 1.165) is 34.4 Å². The summed E-state index contributed by atoms with van der Waals surface area (Å²) in [5, 5.41) is 11.4. The summed E-state index contributed by atoms with van der Waals surface area (Å²) in [5.74, 6) is -0.707. The summed E-state index contributed by atoms with van der Waals surface area (Å²) >= 11 is 0. The Labute approximate surface area is 192 Å². The number of amides is 1. The molecule has 1 fully saturated rings. The highest BCUT2D eigenvalue weighted by Crippen LogP contribution is 2.44. The number of nitrogens with zero attached hydrogens (tertiary/aromatic N) is 1. The molecule has 0 spiro atoms. The van der Waals surface area contributed by atoms with Crippen LogP contribution in [-0.4, -0.2) is 22.9 Å². The molecule has 2 aliphatic heterocycles. The summed E-state index contributed by atoms with van der Waals surface area (Å²) in [5.41, 5.74) is 4.86. The average molecular weight is 440 g/mol. The Morgan fingerprint density at radius 3 is 2.39 bits per heavy atom. The summed E-state index contributed by atoms with van der Waals surface area (Å²) in [4.78, 5) is 28.2. The van der Waals surface area contributed by atoms with E-state index >= 15 is 0 Å². The SMILES string of the molecule is Cc1ccccc1C1/C(=C(\O)c2ccc3c(c2)CC(C)O3)C(=O)C(=O)N1c1ccccc1C. The van der Waals surface area contributed by atoms with Crippen molar-refractivity contribution in [3.05, 3.63) is 100 Å². The number of benzene rings is 3. The number of aryl methyl sites for hydroxylation is 2. The van der Waals surface area contributed by atoms with Crippen LogP contribution >= 0.6 is 0 Å². The lowest BCUT2D eigenvalue weighted by molar-refractivity contribution is -0.132. The molecule has 5 heteroatoms. The van der Waals surface area contributed by atoms with Gasteiger partial charge in [0.1, 0.15) is 17.6 Å². The highest BCUT2D eigenvalue weighted by Gasteiger charge is 2.47. The minimum Gasteiger partial charge on any atom is -0.507 e. The van der Waals surface area contributed by atoms with Gasteiger partial charge in [0.2, 0.25) is 0 Å².